The number of fused-ring (bicyclic) bond motifs is 1. The van der Waals surface area contributed by atoms with E-state index in [0.717, 1.165) is 21.1 Å². The molecule has 3 aromatic rings. The van der Waals surface area contributed by atoms with Gasteiger partial charge in [-0.1, -0.05) is 42.5 Å². The van der Waals surface area contributed by atoms with Crippen LogP contribution >= 0.6 is 0 Å². The smallest absolute Gasteiger partial charge is 0.188 e. The van der Waals surface area contributed by atoms with Gasteiger partial charge < -0.3 is 5.21 Å². The molecule has 0 spiro atoms. The molecule has 1 aromatic heterocycles. The molecule has 0 saturated carbocycles. The predicted octanol–water partition coefficient (Wildman–Crippen LogP) is 3.14. The third-order valence-corrected chi connectivity index (χ3v) is 2.88. The van der Waals surface area contributed by atoms with E-state index in [1.54, 1.807) is 6.20 Å². The number of benzene rings is 2. The summed E-state index contributed by atoms with van der Waals surface area (Å²) < 4.78 is 0.830. The molecule has 0 fully saturated rings. The molecule has 0 aliphatic rings. The lowest BCUT2D eigenvalue weighted by molar-refractivity contribution is -0.603. The molecule has 2 nitrogen and oxygen atoms in total. The Hall–Kier alpha value is -2.35. The quantitative estimate of drug-likeness (QED) is 0.458. The van der Waals surface area contributed by atoms with Crippen molar-refractivity contribution in [2.45, 2.75) is 0 Å². The minimum atomic E-state index is 0.830. The Balaban J connectivity index is 2.31. The number of nitrogens with zero attached hydrogens (tertiary/aromatic N) is 1. The Morgan fingerprint density at radius 1 is 0.824 bits per heavy atom. The summed E-state index contributed by atoms with van der Waals surface area (Å²) in [5, 5.41) is 13.3. The van der Waals surface area contributed by atoms with Crippen LogP contribution < -0.4 is 4.73 Å². The third kappa shape index (κ3) is 1.74. The minimum Gasteiger partial charge on any atom is -0.619 e. The molecule has 1 heterocycles. The van der Waals surface area contributed by atoms with Gasteiger partial charge in [-0.2, -0.15) is 4.73 Å². The van der Waals surface area contributed by atoms with Gasteiger partial charge in [0.1, 0.15) is 0 Å². The van der Waals surface area contributed by atoms with E-state index in [4.69, 9.17) is 0 Å². The number of hydrogen-bond acceptors (Lipinski definition) is 1. The second-order valence-corrected chi connectivity index (χ2v) is 3.98. The molecule has 0 saturated heterocycles. The van der Waals surface area contributed by atoms with Gasteiger partial charge in [0.05, 0.1) is 0 Å². The number of hydrogen-bond donors (Lipinski definition) is 0. The number of rotatable bonds is 1. The molecular weight excluding hydrogens is 210 g/mol. The fraction of sp³-hybridized carbons (Fsp3) is 0. The van der Waals surface area contributed by atoms with Gasteiger partial charge in [-0.15, -0.1) is 0 Å². The molecule has 0 aliphatic heterocycles. The molecule has 0 aliphatic carbocycles. The van der Waals surface area contributed by atoms with Gasteiger partial charge in [0, 0.05) is 16.8 Å². The highest BCUT2D eigenvalue weighted by atomic mass is 16.5. The van der Waals surface area contributed by atoms with Crippen LogP contribution in [0.4, 0.5) is 0 Å². The van der Waals surface area contributed by atoms with Crippen molar-refractivity contribution in [3.63, 3.8) is 0 Å². The van der Waals surface area contributed by atoms with E-state index in [-0.39, 0.29) is 0 Å². The molecule has 0 unspecified atom stereocenters. The van der Waals surface area contributed by atoms with Gasteiger partial charge in [-0.25, -0.2) is 0 Å². The summed E-state index contributed by atoms with van der Waals surface area (Å²) in [4.78, 5) is 0. The summed E-state index contributed by atoms with van der Waals surface area (Å²) >= 11 is 0. The summed E-state index contributed by atoms with van der Waals surface area (Å²) in [5.41, 5.74) is 2.32. The molecule has 0 radical (unpaired) electrons. The Bertz CT molecular complexity index is 662. The standard InChI is InChI=1S/C15H11NO/c17-16-10-9-15-13(11-16)7-4-8-14(15)12-5-2-1-3-6-12/h1-11H. The number of aromatic nitrogens is 1. The second kappa shape index (κ2) is 3.91. The van der Waals surface area contributed by atoms with Crippen LogP contribution in [0.2, 0.25) is 0 Å². The lowest BCUT2D eigenvalue weighted by Crippen LogP contribution is -2.23. The second-order valence-electron chi connectivity index (χ2n) is 3.98. The van der Waals surface area contributed by atoms with Crippen LogP contribution in [-0.2, 0) is 0 Å². The highest BCUT2D eigenvalue weighted by molar-refractivity contribution is 5.95. The van der Waals surface area contributed by atoms with Crippen molar-refractivity contribution in [3.8, 4) is 11.1 Å². The summed E-state index contributed by atoms with van der Waals surface area (Å²) in [6.45, 7) is 0. The van der Waals surface area contributed by atoms with Crippen LogP contribution in [0.1, 0.15) is 0 Å². The first-order valence-electron chi connectivity index (χ1n) is 5.51. The molecule has 3 rings (SSSR count). The van der Waals surface area contributed by atoms with E-state index in [0.29, 0.717) is 0 Å². The topological polar surface area (TPSA) is 26.9 Å². The first-order chi connectivity index (χ1) is 8.34. The van der Waals surface area contributed by atoms with E-state index >= 15 is 0 Å². The van der Waals surface area contributed by atoms with Crippen LogP contribution in [0, 0.1) is 5.21 Å². The predicted molar refractivity (Wildman–Crippen MR) is 68.3 cm³/mol. The van der Waals surface area contributed by atoms with Crippen LogP contribution in [0.5, 0.6) is 0 Å². The number of pyridine rings is 1. The Kier molecular flexibility index (Phi) is 2.26. The van der Waals surface area contributed by atoms with E-state index in [2.05, 4.69) is 18.2 Å². The van der Waals surface area contributed by atoms with Gasteiger partial charge in [-0.3, -0.25) is 0 Å². The fourth-order valence-corrected chi connectivity index (χ4v) is 2.08. The van der Waals surface area contributed by atoms with Crippen LogP contribution in [0.3, 0.4) is 0 Å². The molecule has 2 aromatic carbocycles. The van der Waals surface area contributed by atoms with Crippen molar-refractivity contribution in [1.82, 2.24) is 0 Å². The molecule has 2 heteroatoms. The highest BCUT2D eigenvalue weighted by Crippen LogP contribution is 2.27. The van der Waals surface area contributed by atoms with E-state index < -0.39 is 0 Å². The molecule has 0 amide bonds. The summed E-state index contributed by atoms with van der Waals surface area (Å²) in [6, 6.07) is 18.1. The third-order valence-electron chi connectivity index (χ3n) is 2.88. The average molecular weight is 221 g/mol. The van der Waals surface area contributed by atoms with E-state index in [1.807, 2.05) is 36.4 Å². The zero-order valence-electron chi connectivity index (χ0n) is 9.21. The van der Waals surface area contributed by atoms with Crippen molar-refractivity contribution in [2.75, 3.05) is 0 Å². The van der Waals surface area contributed by atoms with Crippen molar-refractivity contribution in [3.05, 3.63) is 72.2 Å². The normalized spacial score (nSPS) is 10.6. The van der Waals surface area contributed by atoms with Crippen molar-refractivity contribution in [1.29, 1.82) is 0 Å². The Morgan fingerprint density at radius 3 is 2.47 bits per heavy atom. The SMILES string of the molecule is [O-][n+]1ccc2c(-c3ccccc3)cccc2c1. The summed E-state index contributed by atoms with van der Waals surface area (Å²) in [7, 11) is 0. The van der Waals surface area contributed by atoms with Crippen molar-refractivity contribution >= 4 is 10.8 Å². The van der Waals surface area contributed by atoms with Crippen molar-refractivity contribution < 1.29 is 4.73 Å². The lowest BCUT2D eigenvalue weighted by atomic mass is 10.00. The van der Waals surface area contributed by atoms with Crippen LogP contribution in [0.15, 0.2) is 67.0 Å². The molecular formula is C15H11NO. The molecule has 0 bridgehead atoms. The molecule has 0 atom stereocenters. The minimum absolute atomic E-state index is 0.830. The fourth-order valence-electron chi connectivity index (χ4n) is 2.08. The van der Waals surface area contributed by atoms with E-state index in [1.165, 1.54) is 11.8 Å². The highest BCUT2D eigenvalue weighted by Gasteiger charge is 2.04. The zero-order valence-corrected chi connectivity index (χ0v) is 9.21. The molecule has 17 heavy (non-hydrogen) atoms. The maximum Gasteiger partial charge on any atom is 0.188 e. The average Bonchev–Trinajstić information content (AvgIpc) is 2.39. The van der Waals surface area contributed by atoms with Gasteiger partial charge in [0.2, 0.25) is 0 Å². The maximum absolute atomic E-state index is 11.2. The molecule has 82 valence electrons. The lowest BCUT2D eigenvalue weighted by Gasteiger charge is -2.06. The first kappa shape index (κ1) is 9.85. The first-order valence-corrected chi connectivity index (χ1v) is 5.51. The van der Waals surface area contributed by atoms with Gasteiger partial charge in [-0.05, 0) is 17.2 Å². The van der Waals surface area contributed by atoms with Crippen LogP contribution in [0.25, 0.3) is 21.9 Å². The Labute approximate surface area is 99.3 Å². The molecule has 0 N–H and O–H groups in total. The van der Waals surface area contributed by atoms with E-state index in [9.17, 15) is 5.21 Å². The Morgan fingerprint density at radius 2 is 1.65 bits per heavy atom. The largest absolute Gasteiger partial charge is 0.619 e. The maximum atomic E-state index is 11.2. The van der Waals surface area contributed by atoms with Gasteiger partial charge in [0.15, 0.2) is 12.4 Å². The zero-order chi connectivity index (χ0) is 11.7. The monoisotopic (exact) mass is 221 g/mol. The van der Waals surface area contributed by atoms with Crippen LogP contribution in [-0.4, -0.2) is 0 Å². The van der Waals surface area contributed by atoms with Gasteiger partial charge in [0.25, 0.3) is 0 Å². The van der Waals surface area contributed by atoms with Crippen molar-refractivity contribution in [2.24, 2.45) is 0 Å². The summed E-state index contributed by atoms with van der Waals surface area (Å²) in [5.74, 6) is 0. The summed E-state index contributed by atoms with van der Waals surface area (Å²) in [6.07, 6.45) is 3.14. The van der Waals surface area contributed by atoms with Gasteiger partial charge >= 0.3 is 0 Å².